The third-order valence-corrected chi connectivity index (χ3v) is 6.60. The Kier molecular flexibility index (Phi) is 5.24. The first-order valence-electron chi connectivity index (χ1n) is 9.59. The zero-order chi connectivity index (χ0) is 22.2. The number of anilines is 3. The minimum atomic E-state index is -4.15. The lowest BCUT2D eigenvalue weighted by molar-refractivity contribution is -0.114. The van der Waals surface area contributed by atoms with Crippen molar-refractivity contribution in [2.24, 2.45) is 0 Å². The molecule has 0 atom stereocenters. The van der Waals surface area contributed by atoms with Crippen LogP contribution in [0.25, 0.3) is 0 Å². The molecular weight excluding hydrogens is 420 g/mol. The van der Waals surface area contributed by atoms with Crippen LogP contribution in [0, 0.1) is 6.92 Å². The van der Waals surface area contributed by atoms with Crippen molar-refractivity contribution < 1.29 is 22.5 Å². The lowest BCUT2D eigenvalue weighted by Gasteiger charge is -2.35. The highest BCUT2D eigenvalue weighted by Crippen LogP contribution is 2.37. The number of hydrogen-bond acceptors (Lipinski definition) is 6. The van der Waals surface area contributed by atoms with Crippen molar-refractivity contribution in [3.8, 4) is 0 Å². The van der Waals surface area contributed by atoms with Gasteiger partial charge in [-0.15, -0.1) is 0 Å². The Morgan fingerprint density at radius 2 is 1.84 bits per heavy atom. The van der Waals surface area contributed by atoms with Gasteiger partial charge in [0, 0.05) is 6.07 Å². The van der Waals surface area contributed by atoms with Crippen LogP contribution >= 0.6 is 0 Å². The van der Waals surface area contributed by atoms with E-state index in [9.17, 15) is 18.0 Å². The Morgan fingerprint density at radius 1 is 1.13 bits per heavy atom. The zero-order valence-electron chi connectivity index (χ0n) is 16.9. The number of nitrogens with one attached hydrogen (secondary N) is 1. The summed E-state index contributed by atoms with van der Waals surface area (Å²) in [6.07, 6.45) is 0.775. The summed E-state index contributed by atoms with van der Waals surface area (Å²) in [5, 5.41) is 6.24. The summed E-state index contributed by atoms with van der Waals surface area (Å²) in [6.45, 7) is 3.26. The van der Waals surface area contributed by atoms with Crippen molar-refractivity contribution in [3.63, 3.8) is 0 Å². The van der Waals surface area contributed by atoms with E-state index in [0.29, 0.717) is 5.76 Å². The summed E-state index contributed by atoms with van der Waals surface area (Å²) in [5.74, 6) is 0.180. The fourth-order valence-corrected chi connectivity index (χ4v) is 4.93. The van der Waals surface area contributed by atoms with E-state index in [4.69, 9.17) is 4.52 Å². The number of carbonyl (C=O) groups is 2. The first kappa shape index (κ1) is 20.6. The molecule has 0 aliphatic carbocycles. The molecule has 2 heterocycles. The van der Waals surface area contributed by atoms with E-state index in [0.717, 1.165) is 21.2 Å². The van der Waals surface area contributed by atoms with Crippen molar-refractivity contribution in [2.45, 2.75) is 25.2 Å². The predicted molar refractivity (Wildman–Crippen MR) is 115 cm³/mol. The summed E-state index contributed by atoms with van der Waals surface area (Å²) in [5.41, 5.74) is 1.35. The number of urea groups is 1. The van der Waals surface area contributed by atoms with Crippen LogP contribution in [0.2, 0.25) is 0 Å². The molecular formula is C21H20N4O5S. The quantitative estimate of drug-likeness (QED) is 0.651. The summed E-state index contributed by atoms with van der Waals surface area (Å²) in [6, 6.07) is 13.5. The smallest absolute Gasteiger partial charge is 0.343 e. The van der Waals surface area contributed by atoms with E-state index in [1.165, 1.54) is 18.2 Å². The number of benzene rings is 2. The zero-order valence-corrected chi connectivity index (χ0v) is 17.7. The van der Waals surface area contributed by atoms with E-state index in [-0.39, 0.29) is 22.1 Å². The third-order valence-electron chi connectivity index (χ3n) is 4.86. The minimum Gasteiger partial charge on any atom is -0.360 e. The first-order valence-corrected chi connectivity index (χ1v) is 11.0. The van der Waals surface area contributed by atoms with Gasteiger partial charge in [0.1, 0.15) is 17.2 Å². The van der Waals surface area contributed by atoms with Crippen molar-refractivity contribution >= 4 is 39.2 Å². The molecule has 31 heavy (non-hydrogen) atoms. The Balaban J connectivity index is 1.72. The molecule has 0 radical (unpaired) electrons. The number of amides is 3. The minimum absolute atomic E-state index is 0.0563. The van der Waals surface area contributed by atoms with Crippen LogP contribution in [0.3, 0.4) is 0 Å². The second kappa shape index (κ2) is 7.88. The van der Waals surface area contributed by atoms with Crippen LogP contribution in [-0.2, 0) is 21.2 Å². The molecule has 1 aliphatic heterocycles. The number of aromatic nitrogens is 1. The van der Waals surface area contributed by atoms with Gasteiger partial charge in [0.2, 0.25) is 5.91 Å². The van der Waals surface area contributed by atoms with Crippen LogP contribution < -0.4 is 14.5 Å². The molecule has 4 rings (SSSR count). The topological polar surface area (TPSA) is 113 Å². The maximum absolute atomic E-state index is 13.3. The second-order valence-corrected chi connectivity index (χ2v) is 8.75. The predicted octanol–water partition coefficient (Wildman–Crippen LogP) is 3.32. The number of fused-ring (bicyclic) bond motifs is 1. The molecule has 160 valence electrons. The van der Waals surface area contributed by atoms with Crippen molar-refractivity contribution in [1.82, 2.24) is 5.16 Å². The average molecular weight is 440 g/mol. The van der Waals surface area contributed by atoms with Gasteiger partial charge in [0.15, 0.2) is 5.82 Å². The fourth-order valence-electron chi connectivity index (χ4n) is 3.33. The van der Waals surface area contributed by atoms with Crippen molar-refractivity contribution in [1.29, 1.82) is 0 Å². The van der Waals surface area contributed by atoms with Gasteiger partial charge in [-0.05, 0) is 43.2 Å². The molecule has 0 fully saturated rings. The molecule has 1 aromatic heterocycles. The lowest BCUT2D eigenvalue weighted by Crippen LogP contribution is -2.53. The van der Waals surface area contributed by atoms with Gasteiger partial charge in [-0.2, -0.15) is 4.31 Å². The molecule has 0 saturated heterocycles. The molecule has 10 heteroatoms. The van der Waals surface area contributed by atoms with Gasteiger partial charge in [0.05, 0.1) is 11.4 Å². The number of sulfonamides is 1. The molecule has 1 aliphatic rings. The number of rotatable bonds is 5. The highest BCUT2D eigenvalue weighted by atomic mass is 32.2. The van der Waals surface area contributed by atoms with E-state index >= 15 is 0 Å². The molecule has 0 saturated carbocycles. The third kappa shape index (κ3) is 3.77. The Morgan fingerprint density at radius 3 is 2.48 bits per heavy atom. The molecule has 1 N–H and O–H groups in total. The van der Waals surface area contributed by atoms with Crippen molar-refractivity contribution in [2.75, 3.05) is 21.1 Å². The Hall–Kier alpha value is -3.66. The van der Waals surface area contributed by atoms with E-state index in [1.54, 1.807) is 43.3 Å². The number of hydrogen-bond donors (Lipinski definition) is 1. The average Bonchev–Trinajstić information content (AvgIpc) is 3.16. The SMILES string of the molecule is CCc1ccc(N2C(=O)N(CC(=O)Nc3cc(C)on3)c3ccccc3S2(=O)=O)cc1. The molecule has 0 bridgehead atoms. The molecule has 0 spiro atoms. The van der Waals surface area contributed by atoms with Crippen molar-refractivity contribution in [3.05, 3.63) is 65.9 Å². The van der Waals surface area contributed by atoms with Crippen LogP contribution in [0.4, 0.5) is 22.0 Å². The molecule has 9 nitrogen and oxygen atoms in total. The monoisotopic (exact) mass is 440 g/mol. The molecule has 0 unspecified atom stereocenters. The molecule has 2 aromatic carbocycles. The van der Waals surface area contributed by atoms with Gasteiger partial charge in [-0.25, -0.2) is 13.2 Å². The first-order chi connectivity index (χ1) is 14.8. The van der Waals surface area contributed by atoms with Crippen LogP contribution in [-0.4, -0.2) is 32.1 Å². The Labute approximate surface area is 179 Å². The second-order valence-electron chi connectivity index (χ2n) is 7.00. The summed E-state index contributed by atoms with van der Waals surface area (Å²) in [4.78, 5) is 27.0. The van der Waals surface area contributed by atoms with Crippen LogP contribution in [0.5, 0.6) is 0 Å². The number of para-hydroxylation sites is 1. The van der Waals surface area contributed by atoms with Gasteiger partial charge in [-0.1, -0.05) is 36.3 Å². The largest absolute Gasteiger partial charge is 0.360 e. The maximum Gasteiger partial charge on any atom is 0.343 e. The number of nitrogens with zero attached hydrogens (tertiary/aromatic N) is 3. The van der Waals surface area contributed by atoms with Gasteiger partial charge < -0.3 is 9.84 Å². The van der Waals surface area contributed by atoms with E-state index < -0.39 is 28.5 Å². The highest BCUT2D eigenvalue weighted by molar-refractivity contribution is 7.94. The van der Waals surface area contributed by atoms with E-state index in [2.05, 4.69) is 10.5 Å². The standard InChI is InChI=1S/C21H20N4O5S/c1-3-15-8-10-16(11-9-15)25-21(27)24(13-20(26)22-19-12-14(2)30-23-19)17-6-4-5-7-18(17)31(25,28)29/h4-12H,3,13H2,1-2H3,(H,22,23,26). The number of aryl methyl sites for hydroxylation is 2. The van der Waals surface area contributed by atoms with Gasteiger partial charge >= 0.3 is 6.03 Å². The van der Waals surface area contributed by atoms with Crippen LogP contribution in [0.1, 0.15) is 18.2 Å². The fraction of sp³-hybridized carbons (Fsp3) is 0.190. The molecule has 3 amide bonds. The highest BCUT2D eigenvalue weighted by Gasteiger charge is 2.43. The summed E-state index contributed by atoms with van der Waals surface area (Å²) >= 11 is 0. The van der Waals surface area contributed by atoms with Crippen LogP contribution in [0.15, 0.2) is 64.0 Å². The lowest BCUT2D eigenvalue weighted by atomic mass is 10.1. The van der Waals surface area contributed by atoms with Gasteiger partial charge in [0.25, 0.3) is 10.0 Å². The van der Waals surface area contributed by atoms with E-state index in [1.807, 2.05) is 6.92 Å². The molecule has 3 aromatic rings. The maximum atomic E-state index is 13.3. The van der Waals surface area contributed by atoms with Gasteiger partial charge in [-0.3, -0.25) is 9.69 Å². The normalized spacial score (nSPS) is 15.0. The number of carbonyl (C=O) groups excluding carboxylic acids is 2. The summed E-state index contributed by atoms with van der Waals surface area (Å²) in [7, 11) is -4.15. The Bertz CT molecular complexity index is 1250. The summed E-state index contributed by atoms with van der Waals surface area (Å²) < 4.78 is 32.1.